The van der Waals surface area contributed by atoms with Crippen LogP contribution in [0.5, 0.6) is 5.75 Å². The smallest absolute Gasteiger partial charge is 0.340 e. The second-order valence-electron chi connectivity index (χ2n) is 5.17. The molecule has 1 aromatic heterocycles. The van der Waals surface area contributed by atoms with E-state index in [1.54, 1.807) is 19.9 Å². The predicted octanol–water partition coefficient (Wildman–Crippen LogP) is 4.00. The van der Waals surface area contributed by atoms with Gasteiger partial charge in [-0.3, -0.25) is 0 Å². The number of pyridine rings is 1. The number of thioether (sulfide) groups is 1. The molecule has 0 N–H and O–H groups in total. The van der Waals surface area contributed by atoms with Gasteiger partial charge < -0.3 is 9.47 Å². The molecule has 5 nitrogen and oxygen atoms in total. The Morgan fingerprint density at radius 2 is 2.08 bits per heavy atom. The number of aryl methyl sites for hydroxylation is 1. The third-order valence-electron chi connectivity index (χ3n) is 3.33. The first-order valence-corrected chi connectivity index (χ1v) is 9.03. The van der Waals surface area contributed by atoms with E-state index >= 15 is 0 Å². The number of carbonyl (C=O) groups is 1. The molecule has 6 heteroatoms. The Bertz CT molecular complexity index is 757. The van der Waals surface area contributed by atoms with Gasteiger partial charge in [0.1, 0.15) is 16.8 Å². The first kappa shape index (κ1) is 18.8. The van der Waals surface area contributed by atoms with Crippen molar-refractivity contribution in [3.8, 4) is 11.8 Å². The van der Waals surface area contributed by atoms with Gasteiger partial charge >= 0.3 is 5.97 Å². The summed E-state index contributed by atoms with van der Waals surface area (Å²) in [6.45, 7) is 4.38. The molecular formula is C19H20N2O3S. The molecule has 2 rings (SSSR count). The molecule has 0 aliphatic rings. The monoisotopic (exact) mass is 356 g/mol. The van der Waals surface area contributed by atoms with Crippen LogP contribution in [0.1, 0.15) is 35.0 Å². The molecule has 0 fully saturated rings. The number of ether oxygens (including phenoxy) is 2. The summed E-state index contributed by atoms with van der Waals surface area (Å²) in [5.41, 5.74) is 1.30. The number of carbonyl (C=O) groups excluding carboxylic acids is 1. The lowest BCUT2D eigenvalue weighted by molar-refractivity contribution is 0.0524. The molecular weight excluding hydrogens is 336 g/mol. The standard InChI is InChI=1S/C19H20N2O3S/c1-3-23-19(22)17-12-15(13-20)18(21-14(17)2)25-11-7-10-24-16-8-5-4-6-9-16/h4-6,8-9,12H,3,7,10-11H2,1-2H3. The molecule has 0 atom stereocenters. The fourth-order valence-corrected chi connectivity index (χ4v) is 3.04. The maximum Gasteiger partial charge on any atom is 0.340 e. The number of nitriles is 1. The summed E-state index contributed by atoms with van der Waals surface area (Å²) >= 11 is 1.49. The molecule has 25 heavy (non-hydrogen) atoms. The SMILES string of the molecule is CCOC(=O)c1cc(C#N)c(SCCCOc2ccccc2)nc1C. The molecule has 0 unspecified atom stereocenters. The van der Waals surface area contributed by atoms with Gasteiger partial charge in [-0.2, -0.15) is 5.26 Å². The Morgan fingerprint density at radius 3 is 2.76 bits per heavy atom. The van der Waals surface area contributed by atoms with Gasteiger partial charge in [-0.25, -0.2) is 9.78 Å². The maximum atomic E-state index is 11.9. The summed E-state index contributed by atoms with van der Waals surface area (Å²) < 4.78 is 10.6. The molecule has 1 aromatic carbocycles. The van der Waals surface area contributed by atoms with Gasteiger partial charge in [0.25, 0.3) is 0 Å². The summed E-state index contributed by atoms with van der Waals surface area (Å²) in [4.78, 5) is 16.3. The van der Waals surface area contributed by atoms with Crippen LogP contribution in [-0.2, 0) is 4.74 Å². The Morgan fingerprint density at radius 1 is 1.32 bits per heavy atom. The molecule has 0 radical (unpaired) electrons. The van der Waals surface area contributed by atoms with Crippen LogP contribution >= 0.6 is 11.8 Å². The van der Waals surface area contributed by atoms with E-state index in [1.807, 2.05) is 30.3 Å². The Kier molecular flexibility index (Phi) is 7.30. The molecule has 0 amide bonds. The molecule has 0 saturated carbocycles. The van der Waals surface area contributed by atoms with E-state index in [1.165, 1.54) is 11.8 Å². The fourth-order valence-electron chi connectivity index (χ4n) is 2.12. The van der Waals surface area contributed by atoms with Crippen LogP contribution in [0, 0.1) is 18.3 Å². The summed E-state index contributed by atoms with van der Waals surface area (Å²) in [6.07, 6.45) is 0.824. The largest absolute Gasteiger partial charge is 0.494 e. The van der Waals surface area contributed by atoms with Crippen LogP contribution < -0.4 is 4.74 Å². The van der Waals surface area contributed by atoms with Crippen LogP contribution in [0.4, 0.5) is 0 Å². The molecule has 0 spiro atoms. The summed E-state index contributed by atoms with van der Waals surface area (Å²) in [6, 6.07) is 13.3. The van der Waals surface area contributed by atoms with Crippen molar-refractivity contribution in [1.82, 2.24) is 4.98 Å². The van der Waals surface area contributed by atoms with Gasteiger partial charge in [0.05, 0.1) is 30.0 Å². The normalized spacial score (nSPS) is 10.1. The van der Waals surface area contributed by atoms with E-state index < -0.39 is 5.97 Å². The highest BCUT2D eigenvalue weighted by Crippen LogP contribution is 2.24. The van der Waals surface area contributed by atoms with Crippen LogP contribution in [0.25, 0.3) is 0 Å². The number of aromatic nitrogens is 1. The number of rotatable bonds is 8. The lowest BCUT2D eigenvalue weighted by atomic mass is 10.1. The van der Waals surface area contributed by atoms with Crippen molar-refractivity contribution in [3.05, 3.63) is 53.2 Å². The van der Waals surface area contributed by atoms with Crippen molar-refractivity contribution in [1.29, 1.82) is 5.26 Å². The first-order valence-electron chi connectivity index (χ1n) is 8.05. The van der Waals surface area contributed by atoms with E-state index in [9.17, 15) is 10.1 Å². The van der Waals surface area contributed by atoms with Crippen LogP contribution in [-0.4, -0.2) is 29.9 Å². The van der Waals surface area contributed by atoms with Crippen molar-refractivity contribution < 1.29 is 14.3 Å². The van der Waals surface area contributed by atoms with E-state index in [0.29, 0.717) is 28.5 Å². The highest BCUT2D eigenvalue weighted by molar-refractivity contribution is 7.99. The van der Waals surface area contributed by atoms with Gasteiger partial charge in [-0.1, -0.05) is 18.2 Å². The first-order chi connectivity index (χ1) is 12.2. The minimum absolute atomic E-state index is 0.290. The van der Waals surface area contributed by atoms with Crippen molar-refractivity contribution in [2.24, 2.45) is 0 Å². The van der Waals surface area contributed by atoms with E-state index in [4.69, 9.17) is 9.47 Å². The third-order valence-corrected chi connectivity index (χ3v) is 4.41. The highest BCUT2D eigenvalue weighted by atomic mass is 32.2. The van der Waals surface area contributed by atoms with E-state index in [0.717, 1.165) is 17.9 Å². The number of nitrogens with zero attached hydrogens (tertiary/aromatic N) is 2. The second kappa shape index (κ2) is 9.70. The lowest BCUT2D eigenvalue weighted by Crippen LogP contribution is -2.09. The van der Waals surface area contributed by atoms with Gasteiger partial charge in [0.2, 0.25) is 0 Å². The summed E-state index contributed by atoms with van der Waals surface area (Å²) in [5.74, 6) is 1.17. The Labute approximate surface area is 152 Å². The minimum Gasteiger partial charge on any atom is -0.494 e. The number of esters is 1. The third kappa shape index (κ3) is 5.50. The quantitative estimate of drug-likeness (QED) is 0.404. The van der Waals surface area contributed by atoms with Gasteiger partial charge in [-0.05, 0) is 38.5 Å². The van der Waals surface area contributed by atoms with E-state index in [-0.39, 0.29) is 6.61 Å². The average molecular weight is 356 g/mol. The van der Waals surface area contributed by atoms with Crippen molar-refractivity contribution >= 4 is 17.7 Å². The minimum atomic E-state index is -0.447. The molecule has 0 bridgehead atoms. The molecule has 0 aliphatic heterocycles. The van der Waals surface area contributed by atoms with Crippen LogP contribution in [0.15, 0.2) is 41.4 Å². The van der Waals surface area contributed by atoms with Gasteiger partial charge in [0.15, 0.2) is 0 Å². The topological polar surface area (TPSA) is 72.2 Å². The summed E-state index contributed by atoms with van der Waals surface area (Å²) in [5, 5.41) is 9.95. The van der Waals surface area contributed by atoms with Crippen molar-refractivity contribution in [2.75, 3.05) is 19.0 Å². The average Bonchev–Trinajstić information content (AvgIpc) is 2.62. The van der Waals surface area contributed by atoms with Crippen LogP contribution in [0.3, 0.4) is 0 Å². The zero-order valence-electron chi connectivity index (χ0n) is 14.3. The maximum absolute atomic E-state index is 11.9. The Hall–Kier alpha value is -2.52. The van der Waals surface area contributed by atoms with E-state index in [2.05, 4.69) is 11.1 Å². The van der Waals surface area contributed by atoms with Crippen molar-refractivity contribution in [3.63, 3.8) is 0 Å². The lowest BCUT2D eigenvalue weighted by Gasteiger charge is -2.09. The molecule has 1 heterocycles. The Balaban J connectivity index is 1.92. The number of benzene rings is 1. The number of para-hydroxylation sites is 1. The predicted molar refractivity (Wildman–Crippen MR) is 96.9 cm³/mol. The molecule has 130 valence electrons. The number of hydrogen-bond acceptors (Lipinski definition) is 6. The zero-order valence-corrected chi connectivity index (χ0v) is 15.1. The van der Waals surface area contributed by atoms with Gasteiger partial charge in [0, 0.05) is 5.75 Å². The van der Waals surface area contributed by atoms with Crippen LogP contribution in [0.2, 0.25) is 0 Å². The second-order valence-corrected chi connectivity index (χ2v) is 6.25. The van der Waals surface area contributed by atoms with Gasteiger partial charge in [-0.15, -0.1) is 11.8 Å². The molecule has 0 saturated heterocycles. The zero-order chi connectivity index (χ0) is 18.1. The molecule has 0 aliphatic carbocycles. The summed E-state index contributed by atoms with van der Waals surface area (Å²) in [7, 11) is 0. The highest BCUT2D eigenvalue weighted by Gasteiger charge is 2.16. The molecule has 2 aromatic rings. The fraction of sp³-hybridized carbons (Fsp3) is 0.316. The van der Waals surface area contributed by atoms with Crippen molar-refractivity contribution in [2.45, 2.75) is 25.3 Å². The number of hydrogen-bond donors (Lipinski definition) is 0.